The summed E-state index contributed by atoms with van der Waals surface area (Å²) in [4.78, 5) is 0. The zero-order chi connectivity index (χ0) is 14.8. The van der Waals surface area contributed by atoms with E-state index in [4.69, 9.17) is 4.74 Å². The minimum atomic E-state index is 0.273. The van der Waals surface area contributed by atoms with Gasteiger partial charge in [-0.25, -0.2) is 0 Å². The molecular weight excluding hydrogens is 258 g/mol. The maximum atomic E-state index is 6.08. The van der Waals surface area contributed by atoms with Crippen molar-refractivity contribution in [1.29, 1.82) is 0 Å². The van der Waals surface area contributed by atoms with Crippen LogP contribution in [0, 0.1) is 12.8 Å². The van der Waals surface area contributed by atoms with E-state index < -0.39 is 0 Å². The van der Waals surface area contributed by atoms with Crippen LogP contribution >= 0.6 is 0 Å². The number of fused-ring (bicyclic) bond motifs is 1. The number of ether oxygens (including phenoxy) is 1. The molecule has 3 atom stereocenters. The standard InChI is InChI=1S/C19H25NO/c1-4-20-18(19-14(3)11-12-21-19)17-13(2)9-10-15-7-5-6-8-16(15)17/h5-10,14,18-20H,4,11-12H2,1-3H3. The first-order valence-corrected chi connectivity index (χ1v) is 8.05. The molecular formula is C19H25NO. The molecule has 2 heteroatoms. The van der Waals surface area contributed by atoms with Crippen LogP contribution in [-0.4, -0.2) is 19.3 Å². The second-order valence-electron chi connectivity index (χ2n) is 6.15. The van der Waals surface area contributed by atoms with Crippen molar-refractivity contribution in [2.24, 2.45) is 5.92 Å². The van der Waals surface area contributed by atoms with E-state index >= 15 is 0 Å². The van der Waals surface area contributed by atoms with Crippen LogP contribution in [0.5, 0.6) is 0 Å². The molecule has 2 aromatic rings. The van der Waals surface area contributed by atoms with Gasteiger partial charge < -0.3 is 10.1 Å². The van der Waals surface area contributed by atoms with E-state index in [1.54, 1.807) is 0 Å². The van der Waals surface area contributed by atoms with Crippen LogP contribution in [-0.2, 0) is 4.74 Å². The van der Waals surface area contributed by atoms with Crippen molar-refractivity contribution in [3.05, 3.63) is 47.5 Å². The first-order chi connectivity index (χ1) is 10.2. The number of benzene rings is 2. The van der Waals surface area contributed by atoms with Crippen LogP contribution in [0.25, 0.3) is 10.8 Å². The molecule has 1 aliphatic rings. The van der Waals surface area contributed by atoms with Crippen molar-refractivity contribution in [2.75, 3.05) is 13.2 Å². The van der Waals surface area contributed by atoms with Gasteiger partial charge in [0.15, 0.2) is 0 Å². The van der Waals surface area contributed by atoms with Gasteiger partial charge in [0.1, 0.15) is 0 Å². The summed E-state index contributed by atoms with van der Waals surface area (Å²) < 4.78 is 6.08. The van der Waals surface area contributed by atoms with Crippen LogP contribution < -0.4 is 5.32 Å². The van der Waals surface area contributed by atoms with E-state index in [2.05, 4.69) is 62.5 Å². The third-order valence-electron chi connectivity index (χ3n) is 4.70. The first-order valence-electron chi connectivity index (χ1n) is 8.05. The van der Waals surface area contributed by atoms with Crippen LogP contribution in [0.4, 0.5) is 0 Å². The number of rotatable bonds is 4. The van der Waals surface area contributed by atoms with Gasteiger partial charge in [0.05, 0.1) is 12.1 Å². The first kappa shape index (κ1) is 14.6. The third-order valence-corrected chi connectivity index (χ3v) is 4.70. The molecule has 0 radical (unpaired) electrons. The Morgan fingerprint density at radius 1 is 1.24 bits per heavy atom. The van der Waals surface area contributed by atoms with Gasteiger partial charge in [-0.2, -0.15) is 0 Å². The van der Waals surface area contributed by atoms with Gasteiger partial charge in [-0.1, -0.05) is 50.2 Å². The van der Waals surface area contributed by atoms with Crippen molar-refractivity contribution in [1.82, 2.24) is 5.32 Å². The fourth-order valence-corrected chi connectivity index (χ4v) is 3.56. The van der Waals surface area contributed by atoms with Gasteiger partial charge in [-0.05, 0) is 47.7 Å². The molecule has 0 aliphatic carbocycles. The Hall–Kier alpha value is -1.38. The Morgan fingerprint density at radius 3 is 2.76 bits per heavy atom. The Kier molecular flexibility index (Phi) is 4.27. The fourth-order valence-electron chi connectivity index (χ4n) is 3.56. The second-order valence-corrected chi connectivity index (χ2v) is 6.15. The van der Waals surface area contributed by atoms with Crippen LogP contribution in [0.2, 0.25) is 0 Å². The molecule has 1 heterocycles. The molecule has 0 saturated carbocycles. The minimum absolute atomic E-state index is 0.273. The Bertz CT molecular complexity index is 622. The smallest absolute Gasteiger partial charge is 0.0796 e. The highest BCUT2D eigenvalue weighted by molar-refractivity contribution is 5.87. The molecule has 21 heavy (non-hydrogen) atoms. The molecule has 0 aromatic heterocycles. The zero-order valence-corrected chi connectivity index (χ0v) is 13.2. The van der Waals surface area contributed by atoms with Crippen molar-refractivity contribution >= 4 is 10.8 Å². The maximum Gasteiger partial charge on any atom is 0.0796 e. The maximum absolute atomic E-state index is 6.08. The van der Waals surface area contributed by atoms with E-state index in [0.29, 0.717) is 5.92 Å². The van der Waals surface area contributed by atoms with E-state index in [1.807, 2.05) is 0 Å². The minimum Gasteiger partial charge on any atom is -0.376 e. The molecule has 2 nitrogen and oxygen atoms in total. The van der Waals surface area contributed by atoms with Crippen LogP contribution in [0.1, 0.15) is 37.4 Å². The Morgan fingerprint density at radius 2 is 2.05 bits per heavy atom. The average Bonchev–Trinajstić information content (AvgIpc) is 2.91. The summed E-state index contributed by atoms with van der Waals surface area (Å²) in [7, 11) is 0. The highest BCUT2D eigenvalue weighted by Gasteiger charge is 2.34. The molecule has 1 saturated heterocycles. The number of nitrogens with one attached hydrogen (secondary N) is 1. The fraction of sp³-hybridized carbons (Fsp3) is 0.474. The topological polar surface area (TPSA) is 21.3 Å². The van der Waals surface area contributed by atoms with Crippen LogP contribution in [0.15, 0.2) is 36.4 Å². The lowest BCUT2D eigenvalue weighted by molar-refractivity contribution is 0.0614. The third kappa shape index (κ3) is 2.70. The van der Waals surface area contributed by atoms with Crippen molar-refractivity contribution < 1.29 is 4.74 Å². The molecule has 0 bridgehead atoms. The monoisotopic (exact) mass is 283 g/mol. The van der Waals surface area contributed by atoms with E-state index in [9.17, 15) is 0 Å². The molecule has 1 fully saturated rings. The molecule has 1 N–H and O–H groups in total. The number of hydrogen-bond acceptors (Lipinski definition) is 2. The van der Waals surface area contributed by atoms with E-state index in [0.717, 1.165) is 19.6 Å². The molecule has 3 unspecified atom stereocenters. The van der Waals surface area contributed by atoms with Gasteiger partial charge in [0.2, 0.25) is 0 Å². The zero-order valence-electron chi connectivity index (χ0n) is 13.2. The van der Waals surface area contributed by atoms with Crippen molar-refractivity contribution in [2.45, 2.75) is 39.3 Å². The predicted molar refractivity (Wildman–Crippen MR) is 88.6 cm³/mol. The highest BCUT2D eigenvalue weighted by atomic mass is 16.5. The van der Waals surface area contributed by atoms with Gasteiger partial charge in [0, 0.05) is 6.61 Å². The molecule has 112 valence electrons. The Labute approximate surface area is 127 Å². The largest absolute Gasteiger partial charge is 0.376 e. The van der Waals surface area contributed by atoms with Crippen molar-refractivity contribution in [3.8, 4) is 0 Å². The lowest BCUT2D eigenvalue weighted by Gasteiger charge is -2.29. The van der Waals surface area contributed by atoms with Crippen LogP contribution in [0.3, 0.4) is 0 Å². The number of hydrogen-bond donors (Lipinski definition) is 1. The number of aryl methyl sites for hydroxylation is 1. The summed E-state index contributed by atoms with van der Waals surface area (Å²) in [5.41, 5.74) is 2.76. The van der Waals surface area contributed by atoms with E-state index in [1.165, 1.54) is 21.9 Å². The summed E-state index contributed by atoms with van der Waals surface area (Å²) >= 11 is 0. The summed E-state index contributed by atoms with van der Waals surface area (Å²) in [6.45, 7) is 8.54. The molecule has 2 aromatic carbocycles. The summed E-state index contributed by atoms with van der Waals surface area (Å²) in [6, 6.07) is 13.4. The summed E-state index contributed by atoms with van der Waals surface area (Å²) in [6.07, 6.45) is 1.44. The predicted octanol–water partition coefficient (Wildman–Crippen LogP) is 4.22. The normalized spacial score (nSPS) is 23.6. The van der Waals surface area contributed by atoms with Gasteiger partial charge >= 0.3 is 0 Å². The van der Waals surface area contributed by atoms with Gasteiger partial charge in [-0.15, -0.1) is 0 Å². The SMILES string of the molecule is CCNC(c1c(C)ccc2ccccc12)C1OCCC1C. The molecule has 3 rings (SSSR count). The lowest BCUT2D eigenvalue weighted by atomic mass is 9.87. The molecule has 1 aliphatic heterocycles. The summed E-state index contributed by atoms with van der Waals surface area (Å²) in [5.74, 6) is 0.604. The van der Waals surface area contributed by atoms with Gasteiger partial charge in [-0.3, -0.25) is 0 Å². The highest BCUT2D eigenvalue weighted by Crippen LogP contribution is 2.36. The number of likely N-dealkylation sites (N-methyl/N-ethyl adjacent to an activating group) is 1. The quantitative estimate of drug-likeness (QED) is 0.907. The van der Waals surface area contributed by atoms with E-state index in [-0.39, 0.29) is 12.1 Å². The molecule has 0 amide bonds. The average molecular weight is 283 g/mol. The molecule has 0 spiro atoms. The Balaban J connectivity index is 2.12. The summed E-state index contributed by atoms with van der Waals surface area (Å²) in [5, 5.41) is 6.34. The second kappa shape index (κ2) is 6.17. The van der Waals surface area contributed by atoms with Crippen molar-refractivity contribution in [3.63, 3.8) is 0 Å². The van der Waals surface area contributed by atoms with Gasteiger partial charge in [0.25, 0.3) is 0 Å². The lowest BCUT2D eigenvalue weighted by Crippen LogP contribution is -2.35.